The van der Waals surface area contributed by atoms with Crippen LogP contribution in [0.1, 0.15) is 60.1 Å². The summed E-state index contributed by atoms with van der Waals surface area (Å²) in [5.41, 5.74) is 6.88. The van der Waals surface area contributed by atoms with Gasteiger partial charge in [-0.25, -0.2) is 6.57 Å². The molecule has 1 amide bonds. The van der Waals surface area contributed by atoms with E-state index in [0.29, 0.717) is 50.1 Å². The number of benzene rings is 1. The Kier molecular flexibility index (Phi) is 7.99. The second kappa shape index (κ2) is 11.8. The zero-order chi connectivity index (χ0) is 28.5. The number of piperazine rings is 1. The van der Waals surface area contributed by atoms with Gasteiger partial charge in [0.25, 0.3) is 0 Å². The molecule has 2 fully saturated rings. The fourth-order valence-corrected chi connectivity index (χ4v) is 7.56. The summed E-state index contributed by atoms with van der Waals surface area (Å²) in [6, 6.07) is 7.52. The fraction of sp³-hybridized carbons (Fsp3) is 0.576. The predicted molar refractivity (Wildman–Crippen MR) is 160 cm³/mol. The Hall–Kier alpha value is -3.44. The van der Waals surface area contributed by atoms with Crippen molar-refractivity contribution < 1.29 is 9.53 Å². The zero-order valence-electron chi connectivity index (χ0n) is 24.5. The van der Waals surface area contributed by atoms with Gasteiger partial charge in [0.15, 0.2) is 0 Å². The molecular formula is C33H42N6O2. The Balaban J connectivity index is 1.33. The zero-order valence-corrected chi connectivity index (χ0v) is 24.5. The van der Waals surface area contributed by atoms with Crippen LogP contribution in [0.4, 0.5) is 5.82 Å². The molecule has 8 nitrogen and oxygen atoms in total. The van der Waals surface area contributed by atoms with Gasteiger partial charge >= 0.3 is 6.01 Å². The molecular weight excluding hydrogens is 512 g/mol. The number of aromatic nitrogens is 2. The molecule has 2 aliphatic heterocycles. The van der Waals surface area contributed by atoms with Crippen LogP contribution in [0.25, 0.3) is 4.85 Å². The normalized spacial score (nSPS) is 25.9. The maximum Gasteiger partial charge on any atom is 0.318 e. The van der Waals surface area contributed by atoms with Gasteiger partial charge in [0.2, 0.25) is 12.5 Å². The van der Waals surface area contributed by atoms with Crippen molar-refractivity contribution >= 4 is 11.7 Å². The van der Waals surface area contributed by atoms with Crippen LogP contribution in [0.3, 0.4) is 0 Å². The molecule has 3 heterocycles. The van der Waals surface area contributed by atoms with Crippen LogP contribution in [0.5, 0.6) is 6.01 Å². The average molecular weight is 555 g/mol. The summed E-state index contributed by atoms with van der Waals surface area (Å²) in [7, 11) is 2.16. The number of aryl methyl sites for hydroxylation is 1. The first-order valence-electron chi connectivity index (χ1n) is 15.3. The van der Waals surface area contributed by atoms with E-state index in [-0.39, 0.29) is 18.5 Å². The summed E-state index contributed by atoms with van der Waals surface area (Å²) in [4.78, 5) is 32.7. The molecule has 4 atom stereocenters. The number of hydrogen-bond donors (Lipinski definition) is 0. The van der Waals surface area contributed by atoms with E-state index in [1.165, 1.54) is 48.4 Å². The van der Waals surface area contributed by atoms with Crippen LogP contribution in [-0.4, -0.2) is 84.1 Å². The first kappa shape index (κ1) is 27.7. The van der Waals surface area contributed by atoms with Crippen LogP contribution in [0.2, 0.25) is 0 Å². The van der Waals surface area contributed by atoms with Crippen LogP contribution >= 0.6 is 0 Å². The third-order valence-electron chi connectivity index (χ3n) is 9.88. The molecule has 8 heteroatoms. The van der Waals surface area contributed by atoms with E-state index in [2.05, 4.69) is 53.4 Å². The largest absolute Gasteiger partial charge is 0.462 e. The number of hydrogen-bond acceptors (Lipinski definition) is 6. The summed E-state index contributed by atoms with van der Waals surface area (Å²) in [6.45, 7) is 17.3. The van der Waals surface area contributed by atoms with Crippen molar-refractivity contribution in [3.63, 3.8) is 0 Å². The standard InChI is InChI=1S/C33H42N6O2/c1-5-31(40)39-16-15-38(20-25(39)19-34-3)32-29-17-22(2)28(27-13-7-10-23-9-6-12-26(23)27)18-30(29)35-33(36-32)41-21-24-11-8-14-37(24)4/h5,7,10,13,22,24-25,28H,1,6,8-9,11-12,14-21H2,2,4H3/t22-,24-,25-,28-/m0/s1. The van der Waals surface area contributed by atoms with Crippen LogP contribution in [0.15, 0.2) is 30.9 Å². The van der Waals surface area contributed by atoms with E-state index in [1.807, 2.05) is 0 Å². The lowest BCUT2D eigenvalue weighted by Gasteiger charge is -2.41. The molecule has 4 aliphatic rings. The number of carbonyl (C=O) groups excluding carboxylic acids is 1. The number of likely N-dealkylation sites (tertiary alicyclic amines) is 1. The number of rotatable bonds is 7. The topological polar surface area (TPSA) is 66.2 Å². The number of nitrogens with zero attached hydrogens (tertiary/aromatic N) is 6. The van der Waals surface area contributed by atoms with Gasteiger partial charge in [0, 0.05) is 31.2 Å². The summed E-state index contributed by atoms with van der Waals surface area (Å²) >= 11 is 0. The molecule has 2 aliphatic carbocycles. The highest BCUT2D eigenvalue weighted by molar-refractivity contribution is 5.87. The Morgan fingerprint density at radius 3 is 2.80 bits per heavy atom. The lowest BCUT2D eigenvalue weighted by atomic mass is 9.73. The lowest BCUT2D eigenvalue weighted by Crippen LogP contribution is -2.56. The Morgan fingerprint density at radius 1 is 1.15 bits per heavy atom. The molecule has 41 heavy (non-hydrogen) atoms. The number of carbonyl (C=O) groups is 1. The minimum absolute atomic E-state index is 0.112. The smallest absolute Gasteiger partial charge is 0.318 e. The maximum absolute atomic E-state index is 12.6. The minimum Gasteiger partial charge on any atom is -0.462 e. The fourth-order valence-electron chi connectivity index (χ4n) is 7.56. The Bertz CT molecular complexity index is 1350. The molecule has 0 unspecified atom stereocenters. The summed E-state index contributed by atoms with van der Waals surface area (Å²) in [5.74, 6) is 1.69. The van der Waals surface area contributed by atoms with E-state index >= 15 is 0 Å². The maximum atomic E-state index is 12.6. The number of fused-ring (bicyclic) bond motifs is 2. The summed E-state index contributed by atoms with van der Waals surface area (Å²) < 4.78 is 6.33. The Morgan fingerprint density at radius 2 is 2.02 bits per heavy atom. The number of ether oxygens (including phenoxy) is 1. The predicted octanol–water partition coefficient (Wildman–Crippen LogP) is 4.08. The monoisotopic (exact) mass is 554 g/mol. The van der Waals surface area contributed by atoms with Crippen LogP contribution < -0.4 is 9.64 Å². The third kappa shape index (κ3) is 5.44. The van der Waals surface area contributed by atoms with Gasteiger partial charge in [-0.15, -0.1) is 0 Å². The number of amides is 1. The van der Waals surface area contributed by atoms with Gasteiger partial charge in [-0.05, 0) is 93.1 Å². The van der Waals surface area contributed by atoms with E-state index < -0.39 is 0 Å². The molecule has 1 aromatic carbocycles. The summed E-state index contributed by atoms with van der Waals surface area (Å²) in [6.07, 6.45) is 9.07. The highest BCUT2D eigenvalue weighted by atomic mass is 16.5. The van der Waals surface area contributed by atoms with Crippen molar-refractivity contribution in [1.29, 1.82) is 0 Å². The molecule has 0 spiro atoms. The molecule has 6 rings (SSSR count). The summed E-state index contributed by atoms with van der Waals surface area (Å²) in [5, 5.41) is 0. The van der Waals surface area contributed by atoms with E-state index in [9.17, 15) is 4.79 Å². The van der Waals surface area contributed by atoms with Crippen molar-refractivity contribution in [1.82, 2.24) is 19.8 Å². The molecule has 0 radical (unpaired) electrons. The third-order valence-corrected chi connectivity index (χ3v) is 9.88. The van der Waals surface area contributed by atoms with Gasteiger partial charge < -0.3 is 24.3 Å². The first-order chi connectivity index (χ1) is 20.0. The van der Waals surface area contributed by atoms with Crippen LogP contribution in [-0.2, 0) is 30.5 Å². The SMILES string of the molecule is [C-]#[N+]C[C@H]1CN(c2nc(OC[C@@H]3CCCN3C)nc3c2C[C@H](C)[C@@H](c2cccc4c2CCC4)C3)CCN1C(=O)C=C. The number of likely N-dealkylation sites (N-methyl/N-ethyl adjacent to an activating group) is 1. The second-order valence-electron chi connectivity index (χ2n) is 12.3. The molecule has 0 bridgehead atoms. The van der Waals surface area contributed by atoms with E-state index in [1.54, 1.807) is 10.5 Å². The average Bonchev–Trinajstić information content (AvgIpc) is 3.64. The van der Waals surface area contributed by atoms with Crippen molar-refractivity contribution in [2.24, 2.45) is 5.92 Å². The van der Waals surface area contributed by atoms with Gasteiger partial charge in [0.05, 0.1) is 5.69 Å². The van der Waals surface area contributed by atoms with Crippen molar-refractivity contribution in [2.75, 3.05) is 51.3 Å². The van der Waals surface area contributed by atoms with Crippen molar-refractivity contribution in [2.45, 2.75) is 69.9 Å². The lowest BCUT2D eigenvalue weighted by molar-refractivity contribution is -0.128. The first-order valence-corrected chi connectivity index (χ1v) is 15.3. The Labute approximate surface area is 244 Å². The van der Waals surface area contributed by atoms with Gasteiger partial charge in [-0.1, -0.05) is 31.7 Å². The minimum atomic E-state index is -0.199. The number of anilines is 1. The highest BCUT2D eigenvalue weighted by Crippen LogP contribution is 2.43. The quantitative estimate of drug-likeness (QED) is 0.380. The molecule has 2 saturated heterocycles. The van der Waals surface area contributed by atoms with Gasteiger partial charge in [-0.2, -0.15) is 9.97 Å². The van der Waals surface area contributed by atoms with Crippen molar-refractivity contribution in [3.05, 3.63) is 70.2 Å². The molecule has 0 N–H and O–H groups in total. The van der Waals surface area contributed by atoms with Crippen molar-refractivity contribution in [3.8, 4) is 6.01 Å². The van der Waals surface area contributed by atoms with E-state index in [0.717, 1.165) is 37.3 Å². The van der Waals surface area contributed by atoms with Crippen LogP contribution in [0, 0.1) is 12.5 Å². The molecule has 0 saturated carbocycles. The molecule has 216 valence electrons. The molecule has 1 aromatic heterocycles. The molecule has 2 aromatic rings. The van der Waals surface area contributed by atoms with E-state index in [4.69, 9.17) is 21.3 Å². The highest BCUT2D eigenvalue weighted by Gasteiger charge is 2.37. The van der Waals surface area contributed by atoms with Gasteiger partial charge in [0.1, 0.15) is 18.5 Å². The second-order valence-corrected chi connectivity index (χ2v) is 12.3. The van der Waals surface area contributed by atoms with Gasteiger partial charge in [-0.3, -0.25) is 4.79 Å².